The van der Waals surface area contributed by atoms with Gasteiger partial charge in [0.15, 0.2) is 0 Å². The summed E-state index contributed by atoms with van der Waals surface area (Å²) in [5.41, 5.74) is 3.01. The predicted octanol–water partition coefficient (Wildman–Crippen LogP) is 4.36. The van der Waals surface area contributed by atoms with E-state index < -0.39 is 0 Å². The van der Waals surface area contributed by atoms with Gasteiger partial charge < -0.3 is 10.6 Å². The molecule has 0 saturated carbocycles. The van der Waals surface area contributed by atoms with Crippen LogP contribution >= 0.6 is 23.4 Å². The van der Waals surface area contributed by atoms with E-state index in [0.29, 0.717) is 15.6 Å². The number of nitrogens with zero attached hydrogens (tertiary/aromatic N) is 1. The zero-order chi connectivity index (χ0) is 20.1. The van der Waals surface area contributed by atoms with Crippen molar-refractivity contribution in [2.24, 2.45) is 0 Å². The highest BCUT2D eigenvalue weighted by Gasteiger charge is 2.29. The van der Waals surface area contributed by atoms with Gasteiger partial charge in [-0.1, -0.05) is 53.7 Å². The molecule has 2 aromatic rings. The maximum absolute atomic E-state index is 12.3. The lowest BCUT2D eigenvalue weighted by molar-refractivity contribution is -0.121. The first-order valence-electron chi connectivity index (χ1n) is 8.66. The van der Waals surface area contributed by atoms with Crippen LogP contribution in [0.1, 0.15) is 23.5 Å². The van der Waals surface area contributed by atoms with Crippen LogP contribution in [-0.4, -0.2) is 17.6 Å². The molecule has 1 atom stereocenters. The number of rotatable bonds is 5. The van der Waals surface area contributed by atoms with Crippen molar-refractivity contribution in [2.45, 2.75) is 19.3 Å². The van der Waals surface area contributed by atoms with Crippen LogP contribution in [0.25, 0.3) is 0 Å². The lowest BCUT2D eigenvalue weighted by atomic mass is 9.87. The molecule has 0 fully saturated rings. The smallest absolute Gasteiger partial charge is 0.234 e. The molecule has 0 aliphatic carbocycles. The number of nitriles is 1. The summed E-state index contributed by atoms with van der Waals surface area (Å²) in [4.78, 5) is 24.5. The van der Waals surface area contributed by atoms with Gasteiger partial charge in [0.1, 0.15) is 0 Å². The first-order valence-corrected chi connectivity index (χ1v) is 10.0. The van der Waals surface area contributed by atoms with E-state index in [1.165, 1.54) is 0 Å². The molecule has 0 unspecified atom stereocenters. The SMILES string of the molecule is Cc1ccccc1NC(=O)CSC1=C(C#N)[C@@H](c2ccc(Cl)cc2)CC(=O)N1. The topological polar surface area (TPSA) is 82.0 Å². The number of para-hydroxylation sites is 1. The van der Waals surface area contributed by atoms with Crippen LogP contribution in [0.2, 0.25) is 5.02 Å². The lowest BCUT2D eigenvalue weighted by Crippen LogP contribution is -2.31. The zero-order valence-electron chi connectivity index (χ0n) is 15.2. The molecule has 1 aliphatic rings. The first-order chi connectivity index (χ1) is 13.5. The molecule has 142 valence electrons. The van der Waals surface area contributed by atoms with Gasteiger partial charge in [0.2, 0.25) is 11.8 Å². The van der Waals surface area contributed by atoms with Crippen molar-refractivity contribution < 1.29 is 9.59 Å². The molecule has 1 heterocycles. The number of aryl methyl sites for hydroxylation is 1. The van der Waals surface area contributed by atoms with E-state index in [9.17, 15) is 14.9 Å². The van der Waals surface area contributed by atoms with Crippen LogP contribution in [0, 0.1) is 18.3 Å². The van der Waals surface area contributed by atoms with Gasteiger partial charge in [-0.15, -0.1) is 0 Å². The number of carbonyl (C=O) groups excluding carboxylic acids is 2. The van der Waals surface area contributed by atoms with Gasteiger partial charge in [-0.25, -0.2) is 0 Å². The number of nitrogens with one attached hydrogen (secondary N) is 2. The molecular weight excluding hydrogens is 394 g/mol. The molecule has 7 heteroatoms. The average molecular weight is 412 g/mol. The molecular formula is C21H18ClN3O2S. The minimum absolute atomic E-state index is 0.0858. The number of anilines is 1. The fourth-order valence-electron chi connectivity index (χ4n) is 2.95. The summed E-state index contributed by atoms with van der Waals surface area (Å²) in [6.07, 6.45) is 0.185. The normalized spacial score (nSPS) is 16.3. The highest BCUT2D eigenvalue weighted by molar-refractivity contribution is 8.03. The number of thioether (sulfide) groups is 1. The Bertz CT molecular complexity index is 980. The largest absolute Gasteiger partial charge is 0.325 e. The monoisotopic (exact) mass is 411 g/mol. The van der Waals surface area contributed by atoms with Crippen molar-refractivity contribution in [3.05, 3.63) is 75.3 Å². The zero-order valence-corrected chi connectivity index (χ0v) is 16.7. The number of halogens is 1. The molecule has 3 rings (SSSR count). The van der Waals surface area contributed by atoms with E-state index in [0.717, 1.165) is 28.6 Å². The van der Waals surface area contributed by atoms with Crippen molar-refractivity contribution in [1.29, 1.82) is 5.26 Å². The van der Waals surface area contributed by atoms with Gasteiger partial charge in [0.05, 0.1) is 22.4 Å². The van der Waals surface area contributed by atoms with Crippen LogP contribution in [0.3, 0.4) is 0 Å². The van der Waals surface area contributed by atoms with E-state index in [4.69, 9.17) is 11.6 Å². The molecule has 0 bridgehead atoms. The summed E-state index contributed by atoms with van der Waals surface area (Å²) in [7, 11) is 0. The number of hydrogen-bond acceptors (Lipinski definition) is 4. The molecule has 0 aromatic heterocycles. The molecule has 0 spiro atoms. The van der Waals surface area contributed by atoms with Gasteiger partial charge in [-0.2, -0.15) is 5.26 Å². The molecule has 5 nitrogen and oxygen atoms in total. The summed E-state index contributed by atoms with van der Waals surface area (Å²) in [6.45, 7) is 1.91. The Balaban J connectivity index is 1.76. The van der Waals surface area contributed by atoms with E-state index >= 15 is 0 Å². The Morgan fingerprint density at radius 2 is 2.00 bits per heavy atom. The maximum atomic E-state index is 12.3. The van der Waals surface area contributed by atoms with Gasteiger partial charge in [0.25, 0.3) is 0 Å². The van der Waals surface area contributed by atoms with E-state index in [-0.39, 0.29) is 29.9 Å². The Morgan fingerprint density at radius 3 is 2.68 bits per heavy atom. The summed E-state index contributed by atoms with van der Waals surface area (Å²) >= 11 is 7.09. The van der Waals surface area contributed by atoms with Gasteiger partial charge >= 0.3 is 0 Å². The van der Waals surface area contributed by atoms with Crippen LogP contribution in [0.5, 0.6) is 0 Å². The van der Waals surface area contributed by atoms with E-state index in [1.807, 2.05) is 43.3 Å². The van der Waals surface area contributed by atoms with Crippen molar-refractivity contribution >= 4 is 40.9 Å². The third-order valence-corrected chi connectivity index (χ3v) is 5.66. The van der Waals surface area contributed by atoms with Crippen LogP contribution in [-0.2, 0) is 9.59 Å². The van der Waals surface area contributed by atoms with E-state index in [2.05, 4.69) is 16.7 Å². The molecule has 2 N–H and O–H groups in total. The first kappa shape index (κ1) is 20.0. The molecule has 1 aliphatic heterocycles. The van der Waals surface area contributed by atoms with E-state index in [1.54, 1.807) is 12.1 Å². The fraction of sp³-hybridized carbons (Fsp3) is 0.190. The van der Waals surface area contributed by atoms with Crippen LogP contribution < -0.4 is 10.6 Å². The molecule has 0 radical (unpaired) electrons. The fourth-order valence-corrected chi connectivity index (χ4v) is 3.95. The summed E-state index contributed by atoms with van der Waals surface area (Å²) < 4.78 is 0. The van der Waals surface area contributed by atoms with Gasteiger partial charge in [-0.05, 0) is 36.2 Å². The minimum Gasteiger partial charge on any atom is -0.325 e. The number of hydrogen-bond donors (Lipinski definition) is 2. The lowest BCUT2D eigenvalue weighted by Gasteiger charge is -2.25. The van der Waals surface area contributed by atoms with Gasteiger partial charge in [0, 0.05) is 23.0 Å². The second-order valence-corrected chi connectivity index (χ2v) is 7.78. The Kier molecular flexibility index (Phi) is 6.40. The highest BCUT2D eigenvalue weighted by atomic mass is 35.5. The standard InChI is InChI=1S/C21H18ClN3O2S/c1-13-4-2-3-5-18(13)24-20(27)12-28-21-17(11-23)16(10-19(26)25-21)14-6-8-15(22)9-7-14/h2-9,16H,10,12H2,1H3,(H,24,27)(H,25,26)/t16-/m1/s1. The second kappa shape index (κ2) is 8.96. The molecule has 2 amide bonds. The Labute approximate surface area is 172 Å². The molecule has 28 heavy (non-hydrogen) atoms. The predicted molar refractivity (Wildman–Crippen MR) is 112 cm³/mol. The third kappa shape index (κ3) is 4.75. The maximum Gasteiger partial charge on any atom is 0.234 e. The molecule has 0 saturated heterocycles. The van der Waals surface area contributed by atoms with Crippen molar-refractivity contribution in [3.63, 3.8) is 0 Å². The Hall–Kier alpha value is -2.75. The number of carbonyl (C=O) groups is 2. The van der Waals surface area contributed by atoms with Gasteiger partial charge in [-0.3, -0.25) is 9.59 Å². The quantitative estimate of drug-likeness (QED) is 0.765. The molecule has 2 aromatic carbocycles. The summed E-state index contributed by atoms with van der Waals surface area (Å²) in [5, 5.41) is 16.3. The van der Waals surface area contributed by atoms with Crippen molar-refractivity contribution in [2.75, 3.05) is 11.1 Å². The number of benzene rings is 2. The minimum atomic E-state index is -0.349. The average Bonchev–Trinajstić information content (AvgIpc) is 2.68. The van der Waals surface area contributed by atoms with Crippen LogP contribution in [0.4, 0.5) is 5.69 Å². The number of allylic oxidation sites excluding steroid dienone is 1. The van der Waals surface area contributed by atoms with Crippen molar-refractivity contribution in [3.8, 4) is 6.07 Å². The number of amides is 2. The summed E-state index contributed by atoms with van der Waals surface area (Å²) in [6, 6.07) is 16.8. The van der Waals surface area contributed by atoms with Crippen LogP contribution in [0.15, 0.2) is 59.1 Å². The van der Waals surface area contributed by atoms with Crippen molar-refractivity contribution in [1.82, 2.24) is 5.32 Å². The summed E-state index contributed by atoms with van der Waals surface area (Å²) in [5.74, 6) is -0.645. The third-order valence-electron chi connectivity index (χ3n) is 4.40. The highest BCUT2D eigenvalue weighted by Crippen LogP contribution is 2.36. The Morgan fingerprint density at radius 1 is 1.29 bits per heavy atom. The second-order valence-electron chi connectivity index (χ2n) is 6.36.